The van der Waals surface area contributed by atoms with Gasteiger partial charge in [0.2, 0.25) is 5.95 Å². The fourth-order valence-corrected chi connectivity index (χ4v) is 1.56. The second-order valence-electron chi connectivity index (χ2n) is 3.85. The van der Waals surface area contributed by atoms with Gasteiger partial charge in [0.25, 0.3) is 0 Å². The molecule has 5 heteroatoms. The largest absolute Gasteiger partial charge is 0.300 e. The van der Waals surface area contributed by atoms with Crippen molar-refractivity contribution in [2.45, 2.75) is 0 Å². The summed E-state index contributed by atoms with van der Waals surface area (Å²) in [6.07, 6.45) is 1.24. The number of pyridine rings is 1. The van der Waals surface area contributed by atoms with Gasteiger partial charge in [0, 0.05) is 23.4 Å². The van der Waals surface area contributed by atoms with Gasteiger partial charge in [-0.15, -0.1) is 0 Å². The average Bonchev–Trinajstić information content (AvgIpc) is 2.40. The van der Waals surface area contributed by atoms with Crippen molar-refractivity contribution >= 4 is 11.3 Å². The van der Waals surface area contributed by atoms with Crippen LogP contribution in [-0.2, 0) is 0 Å². The summed E-state index contributed by atoms with van der Waals surface area (Å²) >= 11 is 0. The second kappa shape index (κ2) is 5.06. The molecule has 2 nitrogen and oxygen atoms in total. The lowest BCUT2D eigenvalue weighted by Crippen LogP contribution is -2.03. The Balaban J connectivity index is 2.33. The molecule has 0 aliphatic heterocycles. The molecule has 0 saturated carbocycles. The summed E-state index contributed by atoms with van der Waals surface area (Å²) in [7, 11) is 0. The number of benzene rings is 1. The van der Waals surface area contributed by atoms with Gasteiger partial charge < -0.3 is 0 Å². The van der Waals surface area contributed by atoms with E-state index in [0.29, 0.717) is 5.56 Å². The first-order valence-electron chi connectivity index (χ1n) is 5.34. The number of hydrogen-bond acceptors (Lipinski definition) is 2. The first kappa shape index (κ1) is 13.0. The molecule has 0 unspecified atom stereocenters. The molecule has 0 saturated heterocycles. The Hall–Kier alpha value is -2.43. The smallest absolute Gasteiger partial charge is 0.213 e. The third kappa shape index (κ3) is 2.70. The Kier molecular flexibility index (Phi) is 3.46. The summed E-state index contributed by atoms with van der Waals surface area (Å²) in [6.45, 7) is 3.66. The van der Waals surface area contributed by atoms with Crippen LogP contribution >= 0.6 is 0 Å². The van der Waals surface area contributed by atoms with E-state index in [1.807, 2.05) is 0 Å². The van der Waals surface area contributed by atoms with Crippen molar-refractivity contribution in [2.75, 3.05) is 0 Å². The Morgan fingerprint density at radius 3 is 2.37 bits per heavy atom. The van der Waals surface area contributed by atoms with Crippen molar-refractivity contribution in [1.82, 2.24) is 4.98 Å². The van der Waals surface area contributed by atoms with E-state index < -0.39 is 17.6 Å². The number of nitrogens with zero attached hydrogens (tertiary/aromatic N) is 1. The normalized spacial score (nSPS) is 10.3. The van der Waals surface area contributed by atoms with Gasteiger partial charge in [0.15, 0.2) is 11.6 Å². The zero-order valence-electron chi connectivity index (χ0n) is 9.75. The molecule has 2 aromatic rings. The second-order valence-corrected chi connectivity index (χ2v) is 3.85. The SMILES string of the molecule is C=C(C(=N)c1ccc(F)c(F)c1)c1ccnc(F)c1. The van der Waals surface area contributed by atoms with Crippen LogP contribution in [0.5, 0.6) is 0 Å². The molecule has 0 aliphatic carbocycles. The third-order valence-corrected chi connectivity index (χ3v) is 2.59. The quantitative estimate of drug-likeness (QED) is 0.666. The summed E-state index contributed by atoms with van der Waals surface area (Å²) in [5.41, 5.74) is 0.625. The molecule has 0 spiro atoms. The van der Waals surface area contributed by atoms with E-state index in [-0.39, 0.29) is 16.8 Å². The maximum atomic E-state index is 13.1. The highest BCUT2D eigenvalue weighted by atomic mass is 19.2. The summed E-state index contributed by atoms with van der Waals surface area (Å²) in [4.78, 5) is 3.39. The van der Waals surface area contributed by atoms with Crippen molar-refractivity contribution in [3.8, 4) is 0 Å². The average molecular weight is 262 g/mol. The lowest BCUT2D eigenvalue weighted by Gasteiger charge is -2.08. The Morgan fingerprint density at radius 2 is 1.74 bits per heavy atom. The molecular formula is C14H9F3N2. The number of halogens is 3. The topological polar surface area (TPSA) is 36.7 Å². The zero-order valence-corrected chi connectivity index (χ0v) is 9.75. The van der Waals surface area contributed by atoms with Crippen molar-refractivity contribution in [3.63, 3.8) is 0 Å². The molecule has 2 rings (SSSR count). The van der Waals surface area contributed by atoms with Crippen molar-refractivity contribution in [3.05, 3.63) is 71.8 Å². The highest BCUT2D eigenvalue weighted by Gasteiger charge is 2.11. The molecule has 0 fully saturated rings. The van der Waals surface area contributed by atoms with Gasteiger partial charge in [-0.25, -0.2) is 13.8 Å². The first-order chi connectivity index (χ1) is 8.99. The molecule has 0 amide bonds. The van der Waals surface area contributed by atoms with Gasteiger partial charge in [-0.05, 0) is 29.8 Å². The van der Waals surface area contributed by atoms with Gasteiger partial charge >= 0.3 is 0 Å². The summed E-state index contributed by atoms with van der Waals surface area (Å²) in [5.74, 6) is -2.73. The third-order valence-electron chi connectivity index (χ3n) is 2.59. The number of aromatic nitrogens is 1. The van der Waals surface area contributed by atoms with Crippen molar-refractivity contribution in [2.24, 2.45) is 0 Å². The predicted octanol–water partition coefficient (Wildman–Crippen LogP) is 3.58. The lowest BCUT2D eigenvalue weighted by atomic mass is 9.98. The Morgan fingerprint density at radius 1 is 1.00 bits per heavy atom. The molecule has 1 N–H and O–H groups in total. The van der Waals surface area contributed by atoms with E-state index in [1.165, 1.54) is 18.3 Å². The van der Waals surface area contributed by atoms with E-state index in [9.17, 15) is 13.2 Å². The molecule has 1 aromatic heterocycles. The van der Waals surface area contributed by atoms with Crippen LogP contribution in [0, 0.1) is 23.0 Å². The fraction of sp³-hybridized carbons (Fsp3) is 0. The van der Waals surface area contributed by atoms with Gasteiger partial charge in [0.05, 0.1) is 5.71 Å². The molecular weight excluding hydrogens is 253 g/mol. The van der Waals surface area contributed by atoms with E-state index in [4.69, 9.17) is 5.41 Å². The van der Waals surface area contributed by atoms with Crippen LogP contribution in [0.15, 0.2) is 43.1 Å². The van der Waals surface area contributed by atoms with Gasteiger partial charge in [-0.2, -0.15) is 4.39 Å². The number of rotatable bonds is 3. The van der Waals surface area contributed by atoms with Gasteiger partial charge in [-0.3, -0.25) is 5.41 Å². The van der Waals surface area contributed by atoms with Crippen LogP contribution in [0.3, 0.4) is 0 Å². The van der Waals surface area contributed by atoms with Crippen LogP contribution in [0.2, 0.25) is 0 Å². The minimum absolute atomic E-state index is 0.107. The maximum absolute atomic E-state index is 13.1. The van der Waals surface area contributed by atoms with Crippen LogP contribution < -0.4 is 0 Å². The number of nitrogens with one attached hydrogen (secondary N) is 1. The van der Waals surface area contributed by atoms with E-state index in [1.54, 1.807) is 0 Å². The molecule has 0 radical (unpaired) electrons. The highest BCUT2D eigenvalue weighted by molar-refractivity contribution is 6.29. The molecule has 1 aromatic carbocycles. The van der Waals surface area contributed by atoms with Crippen LogP contribution in [0.4, 0.5) is 13.2 Å². The lowest BCUT2D eigenvalue weighted by molar-refractivity contribution is 0.508. The highest BCUT2D eigenvalue weighted by Crippen LogP contribution is 2.19. The van der Waals surface area contributed by atoms with E-state index in [2.05, 4.69) is 11.6 Å². The Labute approximate surface area is 107 Å². The minimum Gasteiger partial charge on any atom is -0.300 e. The van der Waals surface area contributed by atoms with Crippen molar-refractivity contribution in [1.29, 1.82) is 5.41 Å². The van der Waals surface area contributed by atoms with Gasteiger partial charge in [0.1, 0.15) is 0 Å². The monoisotopic (exact) mass is 262 g/mol. The zero-order chi connectivity index (χ0) is 14.0. The van der Waals surface area contributed by atoms with E-state index >= 15 is 0 Å². The molecule has 96 valence electrons. The maximum Gasteiger partial charge on any atom is 0.213 e. The van der Waals surface area contributed by atoms with Crippen LogP contribution in [0.25, 0.3) is 5.57 Å². The number of allylic oxidation sites excluding steroid dienone is 1. The fourth-order valence-electron chi connectivity index (χ4n) is 1.56. The first-order valence-corrected chi connectivity index (χ1v) is 5.34. The molecule has 0 atom stereocenters. The molecule has 19 heavy (non-hydrogen) atoms. The predicted molar refractivity (Wildman–Crippen MR) is 66.4 cm³/mol. The Bertz CT molecular complexity index is 665. The van der Waals surface area contributed by atoms with Gasteiger partial charge in [-0.1, -0.05) is 6.58 Å². The van der Waals surface area contributed by atoms with E-state index in [0.717, 1.165) is 18.2 Å². The molecule has 0 aliphatic rings. The summed E-state index contributed by atoms with van der Waals surface area (Å²) in [5, 5.41) is 7.88. The van der Waals surface area contributed by atoms with Crippen molar-refractivity contribution < 1.29 is 13.2 Å². The number of hydrogen-bond donors (Lipinski definition) is 1. The standard InChI is InChI=1S/C14H9F3N2/c1-8(9-4-5-19-13(17)7-9)14(18)10-2-3-11(15)12(16)6-10/h2-7,18H,1H2. The molecule has 0 bridgehead atoms. The van der Waals surface area contributed by atoms with Crippen LogP contribution in [0.1, 0.15) is 11.1 Å². The van der Waals surface area contributed by atoms with Crippen LogP contribution in [-0.4, -0.2) is 10.7 Å². The molecule has 1 heterocycles. The summed E-state index contributed by atoms with van der Waals surface area (Å²) < 4.78 is 38.9. The minimum atomic E-state index is -1.05. The summed E-state index contributed by atoms with van der Waals surface area (Å²) in [6, 6.07) is 5.71.